The number of nitro benzene ring substituents is 1. The highest BCUT2D eigenvalue weighted by Crippen LogP contribution is 2.32. The first-order valence-corrected chi connectivity index (χ1v) is 6.18. The molecule has 0 radical (unpaired) electrons. The highest BCUT2D eigenvalue weighted by molar-refractivity contribution is 6.17. The van der Waals surface area contributed by atoms with Crippen molar-refractivity contribution in [2.45, 2.75) is 5.88 Å². The fourth-order valence-electron chi connectivity index (χ4n) is 1.55. The Morgan fingerprint density at radius 3 is 2.70 bits per heavy atom. The second-order valence-electron chi connectivity index (χ2n) is 3.83. The summed E-state index contributed by atoms with van der Waals surface area (Å²) in [6.45, 7) is 0. The average Bonchev–Trinajstić information content (AvgIpc) is 2.48. The van der Waals surface area contributed by atoms with Gasteiger partial charge in [-0.15, -0.1) is 11.6 Å². The number of methoxy groups -OCH3 is 1. The minimum absolute atomic E-state index is 0.164. The maximum Gasteiger partial charge on any atom is 0.314 e. The van der Waals surface area contributed by atoms with E-state index in [4.69, 9.17) is 21.1 Å². The van der Waals surface area contributed by atoms with Crippen molar-refractivity contribution in [3.63, 3.8) is 0 Å². The molecule has 0 atom stereocenters. The first-order valence-electron chi connectivity index (χ1n) is 5.65. The van der Waals surface area contributed by atoms with Crippen LogP contribution in [0.2, 0.25) is 0 Å². The summed E-state index contributed by atoms with van der Waals surface area (Å²) in [7, 11) is 1.37. The van der Waals surface area contributed by atoms with Gasteiger partial charge < -0.3 is 9.47 Å². The number of hydrogen-bond acceptors (Lipinski definition) is 5. The Kier molecular flexibility index (Phi) is 4.37. The third-order valence-electron chi connectivity index (χ3n) is 2.52. The van der Waals surface area contributed by atoms with E-state index in [1.165, 1.54) is 19.2 Å². The van der Waals surface area contributed by atoms with Crippen molar-refractivity contribution in [3.05, 3.63) is 52.2 Å². The molecular weight excluding hydrogens is 284 g/mol. The molecule has 20 heavy (non-hydrogen) atoms. The van der Waals surface area contributed by atoms with Crippen LogP contribution in [0.4, 0.5) is 5.69 Å². The van der Waals surface area contributed by atoms with Crippen LogP contribution in [0.15, 0.2) is 36.5 Å². The summed E-state index contributed by atoms with van der Waals surface area (Å²) in [5, 5.41) is 10.9. The number of halogens is 1. The predicted molar refractivity (Wildman–Crippen MR) is 73.5 cm³/mol. The lowest BCUT2D eigenvalue weighted by Gasteiger charge is -2.06. The Balaban J connectivity index is 2.24. The Bertz CT molecular complexity index is 616. The molecule has 1 aromatic carbocycles. The van der Waals surface area contributed by atoms with E-state index in [2.05, 4.69) is 4.98 Å². The predicted octanol–water partition coefficient (Wildman–Crippen LogP) is 3.53. The molecule has 1 aromatic heterocycles. The van der Waals surface area contributed by atoms with Crippen molar-refractivity contribution in [2.75, 3.05) is 7.11 Å². The molecule has 0 saturated heterocycles. The van der Waals surface area contributed by atoms with Gasteiger partial charge in [-0.3, -0.25) is 10.1 Å². The minimum Gasteiger partial charge on any atom is -0.490 e. The maximum absolute atomic E-state index is 10.9. The van der Waals surface area contributed by atoms with Gasteiger partial charge in [0.15, 0.2) is 5.75 Å². The molecule has 1 heterocycles. The van der Waals surface area contributed by atoms with E-state index in [9.17, 15) is 10.1 Å². The van der Waals surface area contributed by atoms with Crippen LogP contribution in [0.1, 0.15) is 5.56 Å². The number of alkyl halides is 1. The van der Waals surface area contributed by atoms with Crippen LogP contribution in [-0.2, 0) is 5.88 Å². The minimum atomic E-state index is -0.532. The Labute approximate surface area is 120 Å². The van der Waals surface area contributed by atoms with Gasteiger partial charge in [-0.25, -0.2) is 4.98 Å². The molecule has 104 valence electrons. The number of benzene rings is 1. The van der Waals surface area contributed by atoms with Gasteiger partial charge in [-0.1, -0.05) is 6.07 Å². The number of hydrogen-bond donors (Lipinski definition) is 0. The SMILES string of the molecule is COc1ccc(Oc2ccc(CCl)cn2)cc1[N+](=O)[O-]. The Morgan fingerprint density at radius 2 is 2.15 bits per heavy atom. The zero-order chi connectivity index (χ0) is 14.5. The van der Waals surface area contributed by atoms with Crippen molar-refractivity contribution >= 4 is 17.3 Å². The zero-order valence-corrected chi connectivity index (χ0v) is 11.3. The van der Waals surface area contributed by atoms with Crippen LogP contribution in [-0.4, -0.2) is 17.0 Å². The number of nitrogens with zero attached hydrogens (tertiary/aromatic N) is 2. The van der Waals surface area contributed by atoms with E-state index in [-0.39, 0.29) is 11.4 Å². The molecule has 7 heteroatoms. The Hall–Kier alpha value is -2.34. The monoisotopic (exact) mass is 294 g/mol. The largest absolute Gasteiger partial charge is 0.490 e. The lowest BCUT2D eigenvalue weighted by molar-refractivity contribution is -0.385. The second-order valence-corrected chi connectivity index (χ2v) is 4.10. The number of rotatable bonds is 5. The molecule has 6 nitrogen and oxygen atoms in total. The van der Waals surface area contributed by atoms with Gasteiger partial charge in [0.25, 0.3) is 0 Å². The number of ether oxygens (including phenoxy) is 2. The molecule has 2 rings (SSSR count). The molecule has 0 aliphatic rings. The van der Waals surface area contributed by atoms with Crippen molar-refractivity contribution in [1.82, 2.24) is 4.98 Å². The van der Waals surface area contributed by atoms with Gasteiger partial charge in [-0.05, 0) is 17.7 Å². The molecule has 0 aliphatic carbocycles. The Morgan fingerprint density at radius 1 is 1.35 bits per heavy atom. The maximum atomic E-state index is 10.9. The summed E-state index contributed by atoms with van der Waals surface area (Å²) in [6, 6.07) is 7.75. The molecule has 0 fully saturated rings. The van der Waals surface area contributed by atoms with Crippen molar-refractivity contribution < 1.29 is 14.4 Å². The molecule has 0 bridgehead atoms. The molecule has 0 amide bonds. The van der Waals surface area contributed by atoms with Gasteiger partial charge in [0, 0.05) is 18.1 Å². The zero-order valence-electron chi connectivity index (χ0n) is 10.6. The lowest BCUT2D eigenvalue weighted by Crippen LogP contribution is -1.95. The van der Waals surface area contributed by atoms with Crippen LogP contribution >= 0.6 is 11.6 Å². The lowest BCUT2D eigenvalue weighted by atomic mass is 10.3. The van der Waals surface area contributed by atoms with Crippen molar-refractivity contribution in [2.24, 2.45) is 0 Å². The summed E-state index contributed by atoms with van der Waals surface area (Å²) >= 11 is 5.66. The van der Waals surface area contributed by atoms with E-state index < -0.39 is 4.92 Å². The van der Waals surface area contributed by atoms with Gasteiger partial charge in [0.2, 0.25) is 5.88 Å². The molecule has 0 aliphatic heterocycles. The highest BCUT2D eigenvalue weighted by atomic mass is 35.5. The average molecular weight is 295 g/mol. The third-order valence-corrected chi connectivity index (χ3v) is 2.83. The third kappa shape index (κ3) is 3.16. The first kappa shape index (κ1) is 14.1. The van der Waals surface area contributed by atoms with Gasteiger partial charge >= 0.3 is 5.69 Å². The number of pyridine rings is 1. The van der Waals surface area contributed by atoms with E-state index in [0.29, 0.717) is 17.5 Å². The van der Waals surface area contributed by atoms with E-state index >= 15 is 0 Å². The molecule has 0 spiro atoms. The molecule has 0 unspecified atom stereocenters. The van der Waals surface area contributed by atoms with E-state index in [1.807, 2.05) is 0 Å². The van der Waals surface area contributed by atoms with E-state index in [1.54, 1.807) is 24.4 Å². The smallest absolute Gasteiger partial charge is 0.314 e. The summed E-state index contributed by atoms with van der Waals surface area (Å²) in [4.78, 5) is 14.4. The fraction of sp³-hybridized carbons (Fsp3) is 0.154. The van der Waals surface area contributed by atoms with Crippen LogP contribution in [0, 0.1) is 10.1 Å². The van der Waals surface area contributed by atoms with Gasteiger partial charge in [0.1, 0.15) is 5.75 Å². The topological polar surface area (TPSA) is 74.5 Å². The highest BCUT2D eigenvalue weighted by Gasteiger charge is 2.16. The summed E-state index contributed by atoms with van der Waals surface area (Å²) in [6.07, 6.45) is 1.58. The quantitative estimate of drug-likeness (QED) is 0.479. The molecular formula is C13H11ClN2O4. The standard InChI is InChI=1S/C13H11ClN2O4/c1-19-12-4-3-10(6-11(12)16(17)18)20-13-5-2-9(7-14)8-15-13/h2-6,8H,7H2,1H3. The van der Waals surface area contributed by atoms with Crippen LogP contribution < -0.4 is 9.47 Å². The van der Waals surface area contributed by atoms with Gasteiger partial charge in [0.05, 0.1) is 18.1 Å². The second kappa shape index (κ2) is 6.21. The summed E-state index contributed by atoms with van der Waals surface area (Å²) in [5.74, 6) is 1.18. The molecule has 0 saturated carbocycles. The molecule has 2 aromatic rings. The van der Waals surface area contributed by atoms with Crippen molar-refractivity contribution in [1.29, 1.82) is 0 Å². The molecule has 0 N–H and O–H groups in total. The van der Waals surface area contributed by atoms with Crippen LogP contribution in [0.3, 0.4) is 0 Å². The number of nitro groups is 1. The van der Waals surface area contributed by atoms with Crippen molar-refractivity contribution in [3.8, 4) is 17.4 Å². The first-order chi connectivity index (χ1) is 9.63. The van der Waals surface area contributed by atoms with E-state index in [0.717, 1.165) is 5.56 Å². The summed E-state index contributed by atoms with van der Waals surface area (Å²) in [5.41, 5.74) is 0.696. The van der Waals surface area contributed by atoms with Crippen LogP contribution in [0.25, 0.3) is 0 Å². The fourth-order valence-corrected chi connectivity index (χ4v) is 1.71. The van der Waals surface area contributed by atoms with Gasteiger partial charge in [-0.2, -0.15) is 0 Å². The summed E-state index contributed by atoms with van der Waals surface area (Å²) < 4.78 is 10.4. The van der Waals surface area contributed by atoms with Crippen LogP contribution in [0.5, 0.6) is 17.4 Å². The normalized spacial score (nSPS) is 10.1. The number of aromatic nitrogens is 1.